The van der Waals surface area contributed by atoms with Crippen LogP contribution in [0.5, 0.6) is 0 Å². The summed E-state index contributed by atoms with van der Waals surface area (Å²) in [5, 5.41) is 0. The van der Waals surface area contributed by atoms with E-state index in [-0.39, 0.29) is 13.2 Å². The third-order valence-corrected chi connectivity index (χ3v) is 1.69. The zero-order chi connectivity index (χ0) is 12.6. The molecule has 0 aromatic heterocycles. The Labute approximate surface area is 91.0 Å². The van der Waals surface area contributed by atoms with Gasteiger partial charge in [0.1, 0.15) is 6.61 Å². The van der Waals surface area contributed by atoms with Gasteiger partial charge in [-0.2, -0.15) is 8.78 Å². The van der Waals surface area contributed by atoms with Gasteiger partial charge in [0.2, 0.25) is 0 Å². The molecule has 1 unspecified atom stereocenters. The van der Waals surface area contributed by atoms with Gasteiger partial charge < -0.3 is 9.47 Å². The van der Waals surface area contributed by atoms with Crippen LogP contribution >= 0.6 is 0 Å². The molecule has 3 N–H and O–H groups in total. The van der Waals surface area contributed by atoms with Crippen LogP contribution in [0.25, 0.3) is 0 Å². The summed E-state index contributed by atoms with van der Waals surface area (Å²) in [6.45, 7) is 0.784. The molecule has 0 aliphatic carbocycles. The van der Waals surface area contributed by atoms with Gasteiger partial charge in [0.25, 0.3) is 0 Å². The third kappa shape index (κ3) is 6.21. The molecule has 0 aliphatic rings. The minimum Gasteiger partial charge on any atom is -0.380 e. The number of nitrogens with two attached hydrogens (primary N) is 1. The molecule has 0 bridgehead atoms. The number of hydrogen-bond acceptors (Lipinski definition) is 4. The van der Waals surface area contributed by atoms with E-state index in [1.54, 1.807) is 6.92 Å². The zero-order valence-electron chi connectivity index (χ0n) is 8.89. The highest BCUT2D eigenvalue weighted by atomic mass is 19.3. The first-order valence-corrected chi connectivity index (χ1v) is 4.71. The Balaban J connectivity index is 3.77. The lowest BCUT2D eigenvalue weighted by molar-refractivity contribution is -0.167. The summed E-state index contributed by atoms with van der Waals surface area (Å²) >= 11 is 0. The van der Waals surface area contributed by atoms with Crippen molar-refractivity contribution in [1.29, 1.82) is 0 Å². The minimum absolute atomic E-state index is 0.160. The van der Waals surface area contributed by atoms with Crippen molar-refractivity contribution < 1.29 is 27.0 Å². The molecule has 0 aromatic rings. The maximum Gasteiger partial charge on any atom is 0.330 e. The summed E-state index contributed by atoms with van der Waals surface area (Å²) in [5.74, 6) is 0.943. The normalized spacial score (nSPS) is 14.4. The molecule has 0 fully saturated rings. The maximum absolute atomic E-state index is 12.4. The SMILES string of the molecule is CCOCC(COCC(F)(F)C(F)F)NN. The second kappa shape index (κ2) is 7.77. The van der Waals surface area contributed by atoms with E-state index in [0.717, 1.165) is 0 Å². The number of ether oxygens (including phenoxy) is 2. The number of hydrazine groups is 1. The fraction of sp³-hybridized carbons (Fsp3) is 1.00. The van der Waals surface area contributed by atoms with E-state index < -0.39 is 25.0 Å². The van der Waals surface area contributed by atoms with E-state index in [2.05, 4.69) is 10.2 Å². The van der Waals surface area contributed by atoms with E-state index in [1.807, 2.05) is 0 Å². The molecular formula is C8H16F4N2O2. The monoisotopic (exact) mass is 248 g/mol. The van der Waals surface area contributed by atoms with E-state index in [4.69, 9.17) is 10.6 Å². The number of nitrogens with one attached hydrogen (secondary N) is 1. The van der Waals surface area contributed by atoms with Crippen molar-refractivity contribution in [3.63, 3.8) is 0 Å². The molecule has 0 amide bonds. The highest BCUT2D eigenvalue weighted by Gasteiger charge is 2.41. The van der Waals surface area contributed by atoms with Crippen molar-refractivity contribution in [2.24, 2.45) is 5.84 Å². The first-order valence-electron chi connectivity index (χ1n) is 4.71. The summed E-state index contributed by atoms with van der Waals surface area (Å²) in [6.07, 6.45) is -3.73. The number of alkyl halides is 4. The van der Waals surface area contributed by atoms with E-state index in [1.165, 1.54) is 0 Å². The molecule has 0 heterocycles. The van der Waals surface area contributed by atoms with Crippen LogP contribution in [0.2, 0.25) is 0 Å². The lowest BCUT2D eigenvalue weighted by Gasteiger charge is -2.19. The van der Waals surface area contributed by atoms with Crippen molar-refractivity contribution >= 4 is 0 Å². The molecular weight excluding hydrogens is 232 g/mol. The largest absolute Gasteiger partial charge is 0.380 e. The molecule has 0 radical (unpaired) electrons. The Morgan fingerprint density at radius 1 is 1.25 bits per heavy atom. The van der Waals surface area contributed by atoms with Crippen molar-refractivity contribution in [1.82, 2.24) is 5.43 Å². The average molecular weight is 248 g/mol. The molecule has 0 aromatic carbocycles. The molecule has 1 atom stereocenters. The van der Waals surface area contributed by atoms with Crippen LogP contribution in [0.15, 0.2) is 0 Å². The van der Waals surface area contributed by atoms with Gasteiger partial charge in [0.05, 0.1) is 19.3 Å². The molecule has 0 spiro atoms. The van der Waals surface area contributed by atoms with Crippen LogP contribution < -0.4 is 11.3 Å². The molecule has 4 nitrogen and oxygen atoms in total. The first kappa shape index (κ1) is 15.6. The highest BCUT2D eigenvalue weighted by molar-refractivity contribution is 4.69. The summed E-state index contributed by atoms with van der Waals surface area (Å²) in [5.41, 5.74) is 2.27. The number of rotatable bonds is 9. The van der Waals surface area contributed by atoms with Crippen LogP contribution in [0.4, 0.5) is 17.6 Å². The van der Waals surface area contributed by atoms with Crippen LogP contribution in [-0.2, 0) is 9.47 Å². The Morgan fingerprint density at radius 3 is 2.25 bits per heavy atom. The van der Waals surface area contributed by atoms with Crippen LogP contribution in [0, 0.1) is 0 Å². The van der Waals surface area contributed by atoms with Gasteiger partial charge in [-0.3, -0.25) is 11.3 Å². The molecule has 0 aliphatic heterocycles. The van der Waals surface area contributed by atoms with Gasteiger partial charge in [-0.05, 0) is 6.92 Å². The summed E-state index contributed by atoms with van der Waals surface area (Å²) in [4.78, 5) is 0. The van der Waals surface area contributed by atoms with Gasteiger partial charge in [-0.15, -0.1) is 0 Å². The molecule has 98 valence electrons. The standard InChI is InChI=1S/C8H16F4N2O2/c1-2-15-3-6(14-13)4-16-5-8(11,12)7(9)10/h6-7,14H,2-5,13H2,1H3. The van der Waals surface area contributed by atoms with E-state index in [9.17, 15) is 17.6 Å². The molecule has 8 heteroatoms. The molecule has 0 saturated heterocycles. The predicted molar refractivity (Wildman–Crippen MR) is 49.4 cm³/mol. The molecule has 16 heavy (non-hydrogen) atoms. The second-order valence-electron chi connectivity index (χ2n) is 3.10. The second-order valence-corrected chi connectivity index (χ2v) is 3.10. The van der Waals surface area contributed by atoms with Crippen molar-refractivity contribution in [3.8, 4) is 0 Å². The molecule has 0 rings (SSSR count). The van der Waals surface area contributed by atoms with Crippen molar-refractivity contribution in [2.75, 3.05) is 26.4 Å². The zero-order valence-corrected chi connectivity index (χ0v) is 8.89. The molecule has 0 saturated carbocycles. The Hall–Kier alpha value is -0.440. The summed E-state index contributed by atoms with van der Waals surface area (Å²) in [7, 11) is 0. The Bertz CT molecular complexity index is 183. The van der Waals surface area contributed by atoms with Gasteiger partial charge >= 0.3 is 12.3 Å². The Kier molecular flexibility index (Phi) is 7.56. The lowest BCUT2D eigenvalue weighted by Crippen LogP contribution is -2.43. The predicted octanol–water partition coefficient (Wildman–Crippen LogP) is 0.772. The number of halogens is 4. The van der Waals surface area contributed by atoms with E-state index in [0.29, 0.717) is 6.61 Å². The number of hydrogen-bond donors (Lipinski definition) is 2. The van der Waals surface area contributed by atoms with Crippen LogP contribution in [0.3, 0.4) is 0 Å². The first-order chi connectivity index (χ1) is 7.44. The fourth-order valence-electron chi connectivity index (χ4n) is 0.805. The van der Waals surface area contributed by atoms with Gasteiger partial charge in [0.15, 0.2) is 0 Å². The van der Waals surface area contributed by atoms with Crippen LogP contribution in [-0.4, -0.2) is 44.8 Å². The minimum atomic E-state index is -4.13. The summed E-state index contributed by atoms with van der Waals surface area (Å²) < 4.78 is 57.7. The van der Waals surface area contributed by atoms with E-state index >= 15 is 0 Å². The fourth-order valence-corrected chi connectivity index (χ4v) is 0.805. The van der Waals surface area contributed by atoms with Crippen LogP contribution in [0.1, 0.15) is 6.92 Å². The van der Waals surface area contributed by atoms with Gasteiger partial charge in [0, 0.05) is 6.61 Å². The highest BCUT2D eigenvalue weighted by Crippen LogP contribution is 2.22. The topological polar surface area (TPSA) is 56.5 Å². The maximum atomic E-state index is 12.4. The van der Waals surface area contributed by atoms with Gasteiger partial charge in [-0.1, -0.05) is 0 Å². The third-order valence-electron chi connectivity index (χ3n) is 1.69. The average Bonchev–Trinajstić information content (AvgIpc) is 2.22. The smallest absolute Gasteiger partial charge is 0.330 e. The van der Waals surface area contributed by atoms with Crippen molar-refractivity contribution in [2.45, 2.75) is 25.3 Å². The van der Waals surface area contributed by atoms with Crippen molar-refractivity contribution in [3.05, 3.63) is 0 Å². The quantitative estimate of drug-likeness (QED) is 0.359. The Morgan fingerprint density at radius 2 is 1.81 bits per heavy atom. The van der Waals surface area contributed by atoms with Gasteiger partial charge in [-0.25, -0.2) is 8.78 Å². The summed E-state index contributed by atoms with van der Waals surface area (Å²) in [6, 6.07) is -0.506. The lowest BCUT2D eigenvalue weighted by atomic mass is 10.3.